The molecule has 20 heavy (non-hydrogen) atoms. The van der Waals surface area contributed by atoms with E-state index >= 15 is 0 Å². The molecule has 0 radical (unpaired) electrons. The molecule has 2 heterocycles. The van der Waals surface area contributed by atoms with Gasteiger partial charge >= 0.3 is 0 Å². The highest BCUT2D eigenvalue weighted by atomic mass is 35.5. The second-order valence-electron chi connectivity index (χ2n) is 5.58. The molecule has 2 aromatic rings. The van der Waals surface area contributed by atoms with Crippen LogP contribution in [0.25, 0.3) is 0 Å². The summed E-state index contributed by atoms with van der Waals surface area (Å²) in [5.41, 5.74) is 8.90. The van der Waals surface area contributed by atoms with Crippen LogP contribution in [0, 0.1) is 5.92 Å². The van der Waals surface area contributed by atoms with Crippen molar-refractivity contribution in [1.29, 1.82) is 0 Å². The third-order valence-electron chi connectivity index (χ3n) is 3.88. The maximum atomic E-state index is 6.24. The van der Waals surface area contributed by atoms with E-state index in [9.17, 15) is 0 Å². The van der Waals surface area contributed by atoms with Crippen LogP contribution in [0.1, 0.15) is 12.0 Å². The van der Waals surface area contributed by atoms with Crippen molar-refractivity contribution < 1.29 is 0 Å². The molecule has 0 saturated carbocycles. The third kappa shape index (κ3) is 3.35. The number of thiophene rings is 1. The summed E-state index contributed by atoms with van der Waals surface area (Å²) in [5, 5.41) is 5.13. The first-order valence-electron chi connectivity index (χ1n) is 6.98. The van der Waals surface area contributed by atoms with Gasteiger partial charge in [-0.3, -0.25) is 0 Å². The first-order valence-corrected chi connectivity index (χ1v) is 8.30. The van der Waals surface area contributed by atoms with Gasteiger partial charge in [-0.2, -0.15) is 11.3 Å². The quantitative estimate of drug-likeness (QED) is 0.934. The van der Waals surface area contributed by atoms with Crippen molar-refractivity contribution in [3.8, 4) is 0 Å². The van der Waals surface area contributed by atoms with Gasteiger partial charge in [0.05, 0.1) is 0 Å². The second kappa shape index (κ2) is 6.17. The van der Waals surface area contributed by atoms with Gasteiger partial charge in [0.2, 0.25) is 0 Å². The van der Waals surface area contributed by atoms with Crippen molar-refractivity contribution in [3.05, 3.63) is 51.7 Å². The first kappa shape index (κ1) is 13.9. The Morgan fingerprint density at radius 2 is 2.00 bits per heavy atom. The van der Waals surface area contributed by atoms with E-state index in [1.165, 1.54) is 11.3 Å². The Morgan fingerprint density at radius 1 is 1.20 bits per heavy atom. The number of nitrogens with zero attached hydrogens (tertiary/aromatic N) is 1. The summed E-state index contributed by atoms with van der Waals surface area (Å²) < 4.78 is 0. The number of halogens is 1. The third-order valence-corrected chi connectivity index (χ3v) is 4.80. The molecule has 1 aromatic carbocycles. The Kier molecular flexibility index (Phi) is 4.29. The number of hydrogen-bond acceptors (Lipinski definition) is 3. The van der Waals surface area contributed by atoms with Crippen LogP contribution in [0.15, 0.2) is 41.1 Å². The minimum absolute atomic E-state index is 0.265. The predicted octanol–water partition coefficient (Wildman–Crippen LogP) is 3.80. The van der Waals surface area contributed by atoms with Gasteiger partial charge in [-0.15, -0.1) is 0 Å². The molecule has 106 valence electrons. The van der Waals surface area contributed by atoms with Crippen molar-refractivity contribution in [2.45, 2.75) is 18.9 Å². The van der Waals surface area contributed by atoms with Crippen LogP contribution in [0.2, 0.25) is 5.02 Å². The van der Waals surface area contributed by atoms with Gasteiger partial charge in [0, 0.05) is 35.2 Å². The molecule has 2 atom stereocenters. The number of rotatable bonds is 3. The lowest BCUT2D eigenvalue weighted by molar-refractivity contribution is 0.375. The standard InChI is InChI=1S/C16H19ClN2S/c17-14-3-1-12(2-4-14)7-13-8-15(18)10-19(9-13)16-5-6-20-11-16/h1-6,11,13,15H,7-10,18H2. The van der Waals surface area contributed by atoms with E-state index in [1.807, 2.05) is 12.1 Å². The SMILES string of the molecule is NC1CC(Cc2ccc(Cl)cc2)CN(c2ccsc2)C1. The molecule has 0 amide bonds. The molecule has 0 spiro atoms. The molecular weight excluding hydrogens is 288 g/mol. The van der Waals surface area contributed by atoms with E-state index in [0.29, 0.717) is 5.92 Å². The fourth-order valence-electron chi connectivity index (χ4n) is 3.00. The van der Waals surface area contributed by atoms with Crippen LogP contribution in [-0.2, 0) is 6.42 Å². The Morgan fingerprint density at radius 3 is 2.70 bits per heavy atom. The molecule has 2 nitrogen and oxygen atoms in total. The molecule has 2 N–H and O–H groups in total. The molecule has 1 aromatic heterocycles. The van der Waals surface area contributed by atoms with Crippen molar-refractivity contribution in [2.24, 2.45) is 11.7 Å². The van der Waals surface area contributed by atoms with E-state index in [-0.39, 0.29) is 6.04 Å². The van der Waals surface area contributed by atoms with Crippen LogP contribution in [0.5, 0.6) is 0 Å². The van der Waals surface area contributed by atoms with Crippen LogP contribution >= 0.6 is 22.9 Å². The molecule has 2 unspecified atom stereocenters. The Bertz CT molecular complexity index is 538. The number of piperidine rings is 1. The molecule has 1 aliphatic rings. The van der Waals surface area contributed by atoms with Gasteiger partial charge in [-0.1, -0.05) is 23.7 Å². The number of anilines is 1. The maximum Gasteiger partial charge on any atom is 0.0475 e. The van der Waals surface area contributed by atoms with Gasteiger partial charge in [-0.05, 0) is 47.9 Å². The zero-order valence-electron chi connectivity index (χ0n) is 11.3. The van der Waals surface area contributed by atoms with Gasteiger partial charge in [0.25, 0.3) is 0 Å². The fourth-order valence-corrected chi connectivity index (χ4v) is 3.79. The number of hydrogen-bond donors (Lipinski definition) is 1. The topological polar surface area (TPSA) is 29.3 Å². The van der Waals surface area contributed by atoms with Crippen LogP contribution in [-0.4, -0.2) is 19.1 Å². The van der Waals surface area contributed by atoms with Crippen molar-refractivity contribution in [1.82, 2.24) is 0 Å². The van der Waals surface area contributed by atoms with Crippen molar-refractivity contribution in [3.63, 3.8) is 0 Å². The highest BCUT2D eigenvalue weighted by molar-refractivity contribution is 7.08. The van der Waals surface area contributed by atoms with Crippen molar-refractivity contribution in [2.75, 3.05) is 18.0 Å². The average molecular weight is 307 g/mol. The van der Waals surface area contributed by atoms with E-state index < -0.39 is 0 Å². The lowest BCUT2D eigenvalue weighted by atomic mass is 9.89. The Balaban J connectivity index is 1.68. The van der Waals surface area contributed by atoms with Crippen LogP contribution < -0.4 is 10.6 Å². The number of nitrogens with two attached hydrogens (primary N) is 1. The minimum atomic E-state index is 0.265. The zero-order chi connectivity index (χ0) is 13.9. The van der Waals surface area contributed by atoms with E-state index in [4.69, 9.17) is 17.3 Å². The second-order valence-corrected chi connectivity index (χ2v) is 6.80. The molecule has 0 aliphatic carbocycles. The van der Waals surface area contributed by atoms with Crippen LogP contribution in [0.3, 0.4) is 0 Å². The lowest BCUT2D eigenvalue weighted by Gasteiger charge is -2.37. The molecule has 4 heteroatoms. The largest absolute Gasteiger partial charge is 0.369 e. The molecular formula is C16H19ClN2S. The summed E-state index contributed by atoms with van der Waals surface area (Å²) >= 11 is 7.69. The monoisotopic (exact) mass is 306 g/mol. The van der Waals surface area contributed by atoms with Crippen molar-refractivity contribution >= 4 is 28.6 Å². The highest BCUT2D eigenvalue weighted by Crippen LogP contribution is 2.27. The average Bonchev–Trinajstić information content (AvgIpc) is 2.95. The smallest absolute Gasteiger partial charge is 0.0475 e. The molecule has 3 rings (SSSR count). The van der Waals surface area contributed by atoms with Gasteiger partial charge in [0.15, 0.2) is 0 Å². The Hall–Kier alpha value is -1.03. The first-order chi connectivity index (χ1) is 9.70. The van der Waals surface area contributed by atoms with E-state index in [2.05, 4.69) is 33.9 Å². The zero-order valence-corrected chi connectivity index (χ0v) is 12.9. The fraction of sp³-hybridized carbons (Fsp3) is 0.375. The lowest BCUT2D eigenvalue weighted by Crippen LogP contribution is -2.47. The van der Waals surface area contributed by atoms with Gasteiger partial charge in [-0.25, -0.2) is 0 Å². The maximum absolute atomic E-state index is 6.24. The highest BCUT2D eigenvalue weighted by Gasteiger charge is 2.25. The summed E-state index contributed by atoms with van der Waals surface area (Å²) in [5.74, 6) is 0.611. The summed E-state index contributed by atoms with van der Waals surface area (Å²) in [6.07, 6.45) is 2.18. The normalized spacial score (nSPS) is 23.0. The Labute approximate surface area is 129 Å². The predicted molar refractivity (Wildman–Crippen MR) is 87.8 cm³/mol. The molecule has 1 aliphatic heterocycles. The van der Waals surface area contributed by atoms with Gasteiger partial charge < -0.3 is 10.6 Å². The van der Waals surface area contributed by atoms with Crippen LogP contribution in [0.4, 0.5) is 5.69 Å². The molecule has 1 saturated heterocycles. The van der Waals surface area contributed by atoms with E-state index in [0.717, 1.165) is 31.0 Å². The minimum Gasteiger partial charge on any atom is -0.369 e. The van der Waals surface area contributed by atoms with Gasteiger partial charge in [0.1, 0.15) is 0 Å². The summed E-state index contributed by atoms with van der Waals surface area (Å²) in [4.78, 5) is 2.42. The summed E-state index contributed by atoms with van der Waals surface area (Å²) in [6.45, 7) is 2.06. The van der Waals surface area contributed by atoms with E-state index in [1.54, 1.807) is 11.3 Å². The molecule has 0 bridgehead atoms. The summed E-state index contributed by atoms with van der Waals surface area (Å²) in [7, 11) is 0. The molecule has 1 fully saturated rings. The summed E-state index contributed by atoms with van der Waals surface area (Å²) in [6, 6.07) is 10.6. The number of benzene rings is 1.